The molecule has 0 radical (unpaired) electrons. The highest BCUT2D eigenvalue weighted by Gasteiger charge is 2.48. The zero-order valence-electron chi connectivity index (χ0n) is 18.6. The SMILES string of the molecule is CC(C)c1ccccc1-c1ccccc1[P+](CC(N)=O)(c1ccccc1)c1ccccc1. The Morgan fingerprint density at radius 2 is 1.16 bits per heavy atom. The van der Waals surface area contributed by atoms with Gasteiger partial charge in [0.25, 0.3) is 5.91 Å². The van der Waals surface area contributed by atoms with Crippen LogP contribution in [-0.2, 0) is 4.79 Å². The molecule has 0 spiro atoms. The molecule has 0 atom stereocenters. The van der Waals surface area contributed by atoms with E-state index in [0.717, 1.165) is 0 Å². The number of carbonyl (C=O) groups is 1. The van der Waals surface area contributed by atoms with Crippen molar-refractivity contribution < 1.29 is 4.79 Å². The molecule has 0 bridgehead atoms. The summed E-state index contributed by atoms with van der Waals surface area (Å²) in [6.07, 6.45) is 0.294. The van der Waals surface area contributed by atoms with Crippen LogP contribution in [0.2, 0.25) is 0 Å². The summed E-state index contributed by atoms with van der Waals surface area (Å²) in [5, 5.41) is 3.53. The minimum atomic E-state index is -2.34. The lowest BCUT2D eigenvalue weighted by Gasteiger charge is -2.29. The fourth-order valence-corrected chi connectivity index (χ4v) is 8.74. The van der Waals surface area contributed by atoms with Crippen LogP contribution in [0.1, 0.15) is 25.3 Å². The molecule has 1 amide bonds. The quantitative estimate of drug-likeness (QED) is 0.393. The number of benzene rings is 4. The van der Waals surface area contributed by atoms with Crippen molar-refractivity contribution in [3.8, 4) is 11.1 Å². The average molecular weight is 439 g/mol. The maximum absolute atomic E-state index is 12.6. The molecule has 0 aliphatic heterocycles. The molecule has 0 fully saturated rings. The van der Waals surface area contributed by atoms with E-state index in [1.807, 2.05) is 12.1 Å². The Bertz CT molecular complexity index is 1160. The van der Waals surface area contributed by atoms with Crippen molar-refractivity contribution in [1.82, 2.24) is 0 Å². The lowest BCUT2D eigenvalue weighted by Crippen LogP contribution is -2.38. The third-order valence-electron chi connectivity index (χ3n) is 5.98. The Kier molecular flexibility index (Phi) is 6.53. The monoisotopic (exact) mass is 438 g/mol. The Labute approximate surface area is 191 Å². The van der Waals surface area contributed by atoms with Gasteiger partial charge in [0.15, 0.2) is 6.16 Å². The summed E-state index contributed by atoms with van der Waals surface area (Å²) in [5.41, 5.74) is 9.65. The third kappa shape index (κ3) is 4.11. The highest BCUT2D eigenvalue weighted by atomic mass is 31.2. The number of amides is 1. The predicted molar refractivity (Wildman–Crippen MR) is 139 cm³/mol. The summed E-state index contributed by atoms with van der Waals surface area (Å²) in [7, 11) is -2.34. The van der Waals surface area contributed by atoms with Crippen LogP contribution in [0.4, 0.5) is 0 Å². The van der Waals surface area contributed by atoms with Gasteiger partial charge in [0.1, 0.15) is 23.2 Å². The van der Waals surface area contributed by atoms with Crippen LogP contribution in [-0.4, -0.2) is 12.1 Å². The van der Waals surface area contributed by atoms with Gasteiger partial charge in [-0.15, -0.1) is 0 Å². The predicted octanol–water partition coefficient (Wildman–Crippen LogP) is 5.26. The van der Waals surface area contributed by atoms with Gasteiger partial charge in [0.05, 0.1) is 0 Å². The maximum atomic E-state index is 12.6. The molecule has 0 aromatic heterocycles. The van der Waals surface area contributed by atoms with Gasteiger partial charge in [-0.3, -0.25) is 4.79 Å². The van der Waals surface area contributed by atoms with E-state index in [-0.39, 0.29) is 5.91 Å². The zero-order valence-corrected chi connectivity index (χ0v) is 19.5. The standard InChI is InChI=1S/C29H28NOP/c1-22(2)25-17-9-10-18-26(25)27-19-11-12-20-28(27)32(21-29(30)31,23-13-5-3-6-14-23)24-15-7-4-8-16-24/h3-20,22H,21H2,1-2H3,(H-,30,31)/p+1. The second-order valence-corrected chi connectivity index (χ2v) is 11.8. The number of nitrogens with two attached hydrogens (primary N) is 1. The molecule has 160 valence electrons. The summed E-state index contributed by atoms with van der Waals surface area (Å²) in [4.78, 5) is 12.6. The van der Waals surface area contributed by atoms with Crippen molar-refractivity contribution in [2.45, 2.75) is 19.8 Å². The van der Waals surface area contributed by atoms with Crippen LogP contribution >= 0.6 is 7.26 Å². The molecule has 0 saturated heterocycles. The Morgan fingerprint density at radius 3 is 1.69 bits per heavy atom. The molecule has 4 aromatic rings. The topological polar surface area (TPSA) is 43.1 Å². The van der Waals surface area contributed by atoms with Crippen LogP contribution in [0.5, 0.6) is 0 Å². The number of primary amides is 1. The van der Waals surface area contributed by atoms with Crippen molar-refractivity contribution >= 4 is 29.1 Å². The molecule has 4 rings (SSSR count). The Morgan fingerprint density at radius 1 is 0.688 bits per heavy atom. The van der Waals surface area contributed by atoms with Crippen molar-refractivity contribution in [3.05, 3.63) is 115 Å². The molecule has 2 N–H and O–H groups in total. The lowest BCUT2D eigenvalue weighted by molar-refractivity contribution is -0.115. The summed E-state index contributed by atoms with van der Waals surface area (Å²) in [6.45, 7) is 4.45. The first-order valence-corrected chi connectivity index (χ1v) is 13.0. The number of rotatable bonds is 7. The van der Waals surface area contributed by atoms with E-state index in [1.165, 1.54) is 32.6 Å². The lowest BCUT2D eigenvalue weighted by atomic mass is 9.93. The van der Waals surface area contributed by atoms with Gasteiger partial charge in [-0.05, 0) is 47.4 Å². The third-order valence-corrected chi connectivity index (χ3v) is 10.3. The summed E-state index contributed by atoms with van der Waals surface area (Å²) in [6, 6.07) is 38.0. The largest absolute Gasteiger partial charge is 0.366 e. The van der Waals surface area contributed by atoms with Crippen molar-refractivity contribution in [2.75, 3.05) is 6.16 Å². The number of hydrogen-bond donors (Lipinski definition) is 1. The molecule has 0 aliphatic rings. The summed E-state index contributed by atoms with van der Waals surface area (Å²) < 4.78 is 0. The van der Waals surface area contributed by atoms with Gasteiger partial charge in [-0.1, -0.05) is 92.7 Å². The van der Waals surface area contributed by atoms with Gasteiger partial charge < -0.3 is 5.73 Å². The molecule has 0 aliphatic carbocycles. The summed E-state index contributed by atoms with van der Waals surface area (Å²) >= 11 is 0. The highest BCUT2D eigenvalue weighted by Crippen LogP contribution is 2.57. The Hall–Kier alpha value is -3.22. The molecule has 0 heterocycles. The van der Waals surface area contributed by atoms with Gasteiger partial charge in [-0.25, -0.2) is 0 Å². The van der Waals surface area contributed by atoms with Crippen molar-refractivity contribution in [2.24, 2.45) is 5.73 Å². The molecule has 3 heteroatoms. The van der Waals surface area contributed by atoms with Gasteiger partial charge in [0.2, 0.25) is 0 Å². The molecule has 4 aromatic carbocycles. The first-order valence-electron chi connectivity index (χ1n) is 11.0. The minimum absolute atomic E-state index is 0.280. The molecule has 0 unspecified atom stereocenters. The average Bonchev–Trinajstić information content (AvgIpc) is 2.83. The molecular formula is C29H29NOP+. The van der Waals surface area contributed by atoms with E-state index in [0.29, 0.717) is 12.1 Å². The first kappa shape index (κ1) is 22.0. The number of carbonyl (C=O) groups excluding carboxylic acids is 1. The van der Waals surface area contributed by atoms with Gasteiger partial charge in [-0.2, -0.15) is 0 Å². The van der Waals surface area contributed by atoms with Crippen LogP contribution < -0.4 is 21.6 Å². The van der Waals surface area contributed by atoms with E-state index < -0.39 is 7.26 Å². The van der Waals surface area contributed by atoms with E-state index in [2.05, 4.69) is 111 Å². The second kappa shape index (κ2) is 9.51. The second-order valence-electron chi connectivity index (χ2n) is 8.36. The molecular weight excluding hydrogens is 409 g/mol. The van der Waals surface area contributed by atoms with E-state index >= 15 is 0 Å². The van der Waals surface area contributed by atoms with Crippen molar-refractivity contribution in [3.63, 3.8) is 0 Å². The normalized spacial score (nSPS) is 11.5. The summed E-state index contributed by atoms with van der Waals surface area (Å²) in [5.74, 6) is 0.106. The minimum Gasteiger partial charge on any atom is -0.366 e. The molecule has 2 nitrogen and oxygen atoms in total. The van der Waals surface area contributed by atoms with Crippen LogP contribution in [0.25, 0.3) is 11.1 Å². The smallest absolute Gasteiger partial charge is 0.256 e. The van der Waals surface area contributed by atoms with Gasteiger partial charge >= 0.3 is 0 Å². The fraction of sp³-hybridized carbons (Fsp3) is 0.138. The van der Waals surface area contributed by atoms with Crippen molar-refractivity contribution in [1.29, 1.82) is 0 Å². The van der Waals surface area contributed by atoms with E-state index in [9.17, 15) is 4.79 Å². The van der Waals surface area contributed by atoms with Crippen LogP contribution in [0.15, 0.2) is 109 Å². The van der Waals surface area contributed by atoms with Gasteiger partial charge in [0, 0.05) is 5.56 Å². The zero-order chi connectivity index (χ0) is 22.6. The molecule has 0 saturated carbocycles. The Balaban J connectivity index is 2.11. The van der Waals surface area contributed by atoms with Crippen LogP contribution in [0.3, 0.4) is 0 Å². The van der Waals surface area contributed by atoms with E-state index in [1.54, 1.807) is 0 Å². The molecule has 32 heavy (non-hydrogen) atoms. The maximum Gasteiger partial charge on any atom is 0.256 e. The fourth-order valence-electron chi connectivity index (χ4n) is 4.57. The highest BCUT2D eigenvalue weighted by molar-refractivity contribution is 7.96. The van der Waals surface area contributed by atoms with E-state index in [4.69, 9.17) is 5.73 Å². The van der Waals surface area contributed by atoms with Crippen LogP contribution in [0, 0.1) is 0 Å². The number of hydrogen-bond acceptors (Lipinski definition) is 1. The first-order chi connectivity index (χ1) is 15.5.